The minimum absolute atomic E-state index is 0. The van der Waals surface area contributed by atoms with E-state index in [0.29, 0.717) is 12.3 Å². The third-order valence-corrected chi connectivity index (χ3v) is 2.10. The lowest BCUT2D eigenvalue weighted by molar-refractivity contribution is -0.118. The van der Waals surface area contributed by atoms with Gasteiger partial charge in [-0.2, -0.15) is 12.6 Å². The summed E-state index contributed by atoms with van der Waals surface area (Å²) in [5.41, 5.74) is 0. The SMILES string of the molecule is C=CS(=O)(=O)C=C.CC(=O)NCCS.[2H][3H].[3HH]. The minimum atomic E-state index is -3.13. The van der Waals surface area contributed by atoms with Crippen LogP contribution < -0.4 is 5.32 Å². The molecule has 0 unspecified atom stereocenters. The second-order valence-electron chi connectivity index (χ2n) is 2.13. The highest BCUT2D eigenvalue weighted by Gasteiger charge is 1.90. The molecule has 0 aliphatic rings. The zero-order valence-electron chi connectivity index (χ0n) is 10.1. The predicted octanol–water partition coefficient (Wildman–Crippen LogP) is 1.23. The molecule has 86 valence electrons. The number of carbonyl (C=O) groups excluding carboxylic acids is 1. The molecule has 0 spiro atoms. The van der Waals surface area contributed by atoms with E-state index in [0.717, 1.165) is 10.8 Å². The van der Waals surface area contributed by atoms with E-state index in [2.05, 4.69) is 31.1 Å². The number of thiol groups is 1. The minimum Gasteiger partial charge on any atom is -0.356 e. The predicted molar refractivity (Wildman–Crippen MR) is 66.1 cm³/mol. The number of hydrogen-bond acceptors (Lipinski definition) is 4. The molecule has 1 N–H and O–H groups in total. The fourth-order valence-corrected chi connectivity index (χ4v) is 0.548. The summed E-state index contributed by atoms with van der Waals surface area (Å²) in [4.78, 5) is 10.1. The fraction of sp³-hybridized carbons (Fsp3) is 0.375. The average Bonchev–Trinajstić information content (AvgIpc) is 2.30. The molecule has 0 aromatic carbocycles. The van der Waals surface area contributed by atoms with Crippen molar-refractivity contribution in [1.29, 1.82) is 0 Å². The van der Waals surface area contributed by atoms with Gasteiger partial charge >= 0.3 is 0 Å². The van der Waals surface area contributed by atoms with Crippen LogP contribution in [0.1, 0.15) is 11.3 Å². The summed E-state index contributed by atoms with van der Waals surface area (Å²) in [5.74, 6) is 0.716. The van der Waals surface area contributed by atoms with Crippen molar-refractivity contribution >= 4 is 28.4 Å². The Morgan fingerprint density at radius 2 is 2.07 bits per heavy atom. The van der Waals surface area contributed by atoms with E-state index in [1.807, 2.05) is 0 Å². The highest BCUT2D eigenvalue weighted by Crippen LogP contribution is 1.87. The summed E-state index contributed by atoms with van der Waals surface area (Å²) in [7, 11) is -3.13. The van der Waals surface area contributed by atoms with E-state index in [1.54, 1.807) is 0 Å². The summed E-state index contributed by atoms with van der Waals surface area (Å²) < 4.78 is 30.3. The van der Waals surface area contributed by atoms with Crippen molar-refractivity contribution in [3.05, 3.63) is 24.0 Å². The zero-order chi connectivity index (χ0) is 13.6. The molecule has 0 bridgehead atoms. The van der Waals surface area contributed by atoms with Crippen LogP contribution in [0.25, 0.3) is 0 Å². The molecule has 4 nitrogen and oxygen atoms in total. The van der Waals surface area contributed by atoms with Crippen molar-refractivity contribution in [3.63, 3.8) is 0 Å². The van der Waals surface area contributed by atoms with Crippen LogP contribution in [0.4, 0.5) is 0 Å². The standard InChI is InChI=1S/C4H9NOS.C4H6O2S.2H2/c1-4(6)5-2-3-7;1-3-7(5,6)4-2;;/h7H,2-3H2,1H3,(H,5,6);3-4H,1-2H2;2*1H/i;;1+2D;1+2. The molecule has 14 heavy (non-hydrogen) atoms. The second-order valence-corrected chi connectivity index (χ2v) is 4.42. The van der Waals surface area contributed by atoms with Crippen LogP contribution in [0.3, 0.4) is 0 Å². The maximum absolute atomic E-state index is 10.1. The molecule has 0 aliphatic carbocycles. The van der Waals surface area contributed by atoms with Gasteiger partial charge in [-0.15, -0.1) is 0 Å². The van der Waals surface area contributed by atoms with Gasteiger partial charge in [0.1, 0.15) is 0 Å². The number of sulfone groups is 1. The van der Waals surface area contributed by atoms with Gasteiger partial charge < -0.3 is 5.32 Å². The number of amides is 1. The molecule has 0 saturated carbocycles. The van der Waals surface area contributed by atoms with Gasteiger partial charge in [-0.25, -0.2) is 8.42 Å². The first-order valence-electron chi connectivity index (χ1n) is 4.75. The largest absolute Gasteiger partial charge is 0.356 e. The molecule has 6 heteroatoms. The van der Waals surface area contributed by atoms with Gasteiger partial charge in [-0.3, -0.25) is 4.79 Å². The highest BCUT2D eigenvalue weighted by atomic mass is 32.2. The first kappa shape index (κ1) is 13.2. The third kappa shape index (κ3) is 13.8. The van der Waals surface area contributed by atoms with Crippen LogP contribution >= 0.6 is 12.6 Å². The molecule has 0 aromatic rings. The van der Waals surface area contributed by atoms with Gasteiger partial charge in [-0.05, 0) is 0 Å². The molecular weight excluding hydrogens is 222 g/mol. The van der Waals surface area contributed by atoms with Crippen molar-refractivity contribution in [2.24, 2.45) is 0 Å². The molecule has 0 saturated heterocycles. The van der Waals surface area contributed by atoms with Crippen molar-refractivity contribution < 1.29 is 17.6 Å². The Labute approximate surface area is 95.0 Å². The number of carbonyl (C=O) groups is 1. The van der Waals surface area contributed by atoms with Gasteiger partial charge in [0.15, 0.2) is 9.84 Å². The Morgan fingerprint density at radius 3 is 2.14 bits per heavy atom. The van der Waals surface area contributed by atoms with Gasteiger partial charge in [0.25, 0.3) is 0 Å². The topological polar surface area (TPSA) is 63.2 Å². The molecule has 1 amide bonds. The first-order chi connectivity index (χ1) is 7.39. The van der Waals surface area contributed by atoms with Crippen LogP contribution in [0, 0.1) is 0 Å². The summed E-state index contributed by atoms with van der Waals surface area (Å²) >= 11 is 3.88. The molecule has 0 rings (SSSR count). The van der Waals surface area contributed by atoms with E-state index < -0.39 is 9.84 Å². The summed E-state index contributed by atoms with van der Waals surface area (Å²) in [6, 6.07) is 0. The van der Waals surface area contributed by atoms with Crippen LogP contribution in [-0.2, 0) is 14.6 Å². The quantitative estimate of drug-likeness (QED) is 0.733. The van der Waals surface area contributed by atoms with Crippen molar-refractivity contribution in [3.8, 4) is 0 Å². The van der Waals surface area contributed by atoms with Gasteiger partial charge in [-0.1, -0.05) is 13.2 Å². The Bertz CT molecular complexity index is 280. The Balaban J connectivity index is -0.0000000823. The highest BCUT2D eigenvalue weighted by molar-refractivity contribution is 7.97. The zero-order valence-corrected chi connectivity index (χ0v) is 9.77. The van der Waals surface area contributed by atoms with Crippen molar-refractivity contribution in [1.82, 2.24) is 5.32 Å². The lowest BCUT2D eigenvalue weighted by Crippen LogP contribution is -2.21. The van der Waals surface area contributed by atoms with Crippen LogP contribution in [0.5, 0.6) is 0 Å². The third-order valence-electron chi connectivity index (χ3n) is 0.950. The molecule has 0 radical (unpaired) electrons. The lowest BCUT2D eigenvalue weighted by atomic mass is 10.6. The Hall–Kier alpha value is -0.750. The van der Waals surface area contributed by atoms with E-state index in [4.69, 9.17) is 2.97 Å². The Morgan fingerprint density at radius 1 is 1.64 bits per heavy atom. The Kier molecular flexibility index (Phi) is 8.36. The van der Waals surface area contributed by atoms with Crippen LogP contribution in [0.2, 0.25) is 0 Å². The fourth-order valence-electron chi connectivity index (χ4n) is 0.300. The average molecular weight is 246 g/mol. The smallest absolute Gasteiger partial charge is 0.216 e. The summed E-state index contributed by atoms with van der Waals surface area (Å²) in [5, 5.41) is 4.27. The van der Waals surface area contributed by atoms with E-state index in [1.165, 1.54) is 6.92 Å². The summed E-state index contributed by atoms with van der Waals surface area (Å²) in [6.07, 6.45) is 0. The molecule has 0 fully saturated rings. The number of rotatable bonds is 4. The van der Waals surface area contributed by atoms with Crippen LogP contribution in [0.15, 0.2) is 24.0 Å². The number of hydrogen-bond donors (Lipinski definition) is 2. The number of nitrogens with one attached hydrogen (secondary N) is 1. The van der Waals surface area contributed by atoms with Crippen LogP contribution in [-0.4, -0.2) is 26.6 Å². The van der Waals surface area contributed by atoms with E-state index in [9.17, 15) is 13.2 Å². The molecular formula is C8H19NO3S2. The van der Waals surface area contributed by atoms with Crippen molar-refractivity contribution in [2.45, 2.75) is 6.92 Å². The molecule has 0 atom stereocenters. The maximum Gasteiger partial charge on any atom is 0.216 e. The second kappa shape index (κ2) is 8.83. The molecule has 0 aliphatic heterocycles. The van der Waals surface area contributed by atoms with Gasteiger partial charge in [0, 0.05) is 34.4 Å². The molecule has 0 heterocycles. The van der Waals surface area contributed by atoms with Crippen molar-refractivity contribution in [2.75, 3.05) is 12.3 Å². The van der Waals surface area contributed by atoms with E-state index >= 15 is 0 Å². The first-order valence-corrected chi connectivity index (χ1v) is 5.99. The monoisotopic (exact) mass is 246 g/mol. The van der Waals surface area contributed by atoms with E-state index in [-0.39, 0.29) is 7.33 Å². The maximum atomic E-state index is 10.1. The van der Waals surface area contributed by atoms with Gasteiger partial charge in [0.2, 0.25) is 5.91 Å². The summed E-state index contributed by atoms with van der Waals surface area (Å²) in [6.45, 7) is 8.24. The van der Waals surface area contributed by atoms with Gasteiger partial charge in [0.05, 0.1) is 0 Å². The molecule has 0 aromatic heterocycles. The normalized spacial score (nSPS) is 9.86. The lowest BCUT2D eigenvalue weighted by Gasteiger charge is -1.93.